The molecular formula is C11H15NO5S2. The van der Waals surface area contributed by atoms with Crippen LogP contribution in [0.4, 0.5) is 0 Å². The van der Waals surface area contributed by atoms with Crippen LogP contribution in [0.1, 0.15) is 17.3 Å². The van der Waals surface area contributed by atoms with Gasteiger partial charge in [0.1, 0.15) is 0 Å². The van der Waals surface area contributed by atoms with Crippen molar-refractivity contribution < 1.29 is 22.5 Å². The molecule has 6 nitrogen and oxygen atoms in total. The fourth-order valence-corrected chi connectivity index (χ4v) is 3.63. The van der Waals surface area contributed by atoms with Gasteiger partial charge in [0.05, 0.1) is 10.5 Å². The molecule has 2 N–H and O–H groups in total. The summed E-state index contributed by atoms with van der Waals surface area (Å²) in [5.41, 5.74) is 0.0154. The lowest BCUT2D eigenvalue weighted by molar-refractivity contribution is 0.0696. The van der Waals surface area contributed by atoms with Crippen molar-refractivity contribution in [3.8, 4) is 0 Å². The van der Waals surface area contributed by atoms with Crippen molar-refractivity contribution in [2.45, 2.75) is 17.9 Å². The molecule has 0 radical (unpaired) electrons. The average molecular weight is 305 g/mol. The highest BCUT2D eigenvalue weighted by Crippen LogP contribution is 2.11. The maximum Gasteiger partial charge on any atom is 0.335 e. The summed E-state index contributed by atoms with van der Waals surface area (Å²) in [6.07, 6.45) is 1.49. The van der Waals surface area contributed by atoms with E-state index in [0.717, 1.165) is 0 Å². The van der Waals surface area contributed by atoms with E-state index in [2.05, 4.69) is 4.72 Å². The van der Waals surface area contributed by atoms with E-state index < -0.39 is 32.8 Å². The molecule has 0 fully saturated rings. The fraction of sp³-hybridized carbons (Fsp3) is 0.364. The van der Waals surface area contributed by atoms with E-state index in [1.807, 2.05) is 0 Å². The van der Waals surface area contributed by atoms with Gasteiger partial charge in [0.2, 0.25) is 10.0 Å². The smallest absolute Gasteiger partial charge is 0.335 e. The number of hydrogen-bond donors (Lipinski definition) is 2. The molecule has 0 amide bonds. The molecule has 0 aromatic heterocycles. The Morgan fingerprint density at radius 2 is 1.89 bits per heavy atom. The Bertz CT molecular complexity index is 580. The average Bonchev–Trinajstić information content (AvgIpc) is 2.27. The number of sulfonamides is 1. The molecular weight excluding hydrogens is 290 g/mol. The quantitative estimate of drug-likeness (QED) is 0.794. The zero-order chi connectivity index (χ0) is 14.6. The summed E-state index contributed by atoms with van der Waals surface area (Å²) in [6.45, 7) is 1.62. The summed E-state index contributed by atoms with van der Waals surface area (Å²) in [5.74, 6) is -0.904. The molecule has 0 saturated heterocycles. The molecule has 8 heteroatoms. The normalized spacial score (nSPS) is 14.8. The maximum absolute atomic E-state index is 11.9. The first-order valence-electron chi connectivity index (χ1n) is 5.38. The van der Waals surface area contributed by atoms with Gasteiger partial charge in [-0.2, -0.15) is 0 Å². The minimum absolute atomic E-state index is 0.0154. The SMILES string of the molecule is CC(CS(C)=O)NS(=O)(=O)c1ccc(C(=O)O)cc1. The number of hydrogen-bond acceptors (Lipinski definition) is 4. The fourth-order valence-electron chi connectivity index (χ4n) is 1.50. The molecule has 0 spiro atoms. The Hall–Kier alpha value is -1.25. The van der Waals surface area contributed by atoms with Crippen LogP contribution in [0.5, 0.6) is 0 Å². The van der Waals surface area contributed by atoms with Gasteiger partial charge in [-0.25, -0.2) is 17.9 Å². The van der Waals surface area contributed by atoms with Crippen LogP contribution >= 0.6 is 0 Å². The predicted molar refractivity (Wildman–Crippen MR) is 72.1 cm³/mol. The Morgan fingerprint density at radius 1 is 1.37 bits per heavy atom. The van der Waals surface area contributed by atoms with E-state index in [1.54, 1.807) is 6.92 Å². The highest BCUT2D eigenvalue weighted by Gasteiger charge is 2.18. The molecule has 2 unspecified atom stereocenters. The molecule has 1 aromatic carbocycles. The van der Waals surface area contributed by atoms with E-state index in [1.165, 1.54) is 30.5 Å². The van der Waals surface area contributed by atoms with Crippen molar-refractivity contribution in [2.24, 2.45) is 0 Å². The first-order chi connectivity index (χ1) is 8.72. The highest BCUT2D eigenvalue weighted by atomic mass is 32.2. The van der Waals surface area contributed by atoms with Crippen molar-refractivity contribution in [3.63, 3.8) is 0 Å². The summed E-state index contributed by atoms with van der Waals surface area (Å²) in [6, 6.07) is 4.43. The predicted octanol–water partition coefficient (Wildman–Crippen LogP) is 0.430. The molecule has 106 valence electrons. The molecule has 2 atom stereocenters. The Morgan fingerprint density at radius 3 is 2.32 bits per heavy atom. The summed E-state index contributed by atoms with van der Waals surface area (Å²) >= 11 is 0. The van der Waals surface area contributed by atoms with Gasteiger partial charge < -0.3 is 5.11 Å². The molecule has 0 bridgehead atoms. The standard InChI is InChI=1S/C11H15NO5S2/c1-8(7-18(2)15)12-19(16,17)10-5-3-9(4-6-10)11(13)14/h3-6,8,12H,7H2,1-2H3,(H,13,14). The van der Waals surface area contributed by atoms with Crippen LogP contribution in [0.15, 0.2) is 29.2 Å². The number of rotatable bonds is 6. The van der Waals surface area contributed by atoms with Gasteiger partial charge in [0.25, 0.3) is 0 Å². The van der Waals surface area contributed by atoms with Crippen LogP contribution in [0, 0.1) is 0 Å². The van der Waals surface area contributed by atoms with E-state index in [4.69, 9.17) is 5.11 Å². The second kappa shape index (κ2) is 6.27. The van der Waals surface area contributed by atoms with E-state index >= 15 is 0 Å². The molecule has 1 aromatic rings. The van der Waals surface area contributed by atoms with Gasteiger partial charge in [-0.3, -0.25) is 4.21 Å². The topological polar surface area (TPSA) is 101 Å². The molecule has 1 rings (SSSR count). The van der Waals surface area contributed by atoms with Crippen molar-refractivity contribution in [1.82, 2.24) is 4.72 Å². The third kappa shape index (κ3) is 4.73. The second-order valence-corrected chi connectivity index (χ2v) is 7.29. The van der Waals surface area contributed by atoms with Crippen molar-refractivity contribution in [3.05, 3.63) is 29.8 Å². The number of carboxylic acid groups (broad SMARTS) is 1. The number of aromatic carboxylic acids is 1. The second-order valence-electron chi connectivity index (χ2n) is 4.09. The number of carbonyl (C=O) groups is 1. The zero-order valence-corrected chi connectivity index (χ0v) is 12.1. The van der Waals surface area contributed by atoms with E-state index in [9.17, 15) is 17.4 Å². The number of nitrogens with one attached hydrogen (secondary N) is 1. The zero-order valence-electron chi connectivity index (χ0n) is 10.5. The molecule has 0 saturated carbocycles. The third-order valence-electron chi connectivity index (χ3n) is 2.25. The van der Waals surface area contributed by atoms with Gasteiger partial charge in [-0.05, 0) is 31.2 Å². The van der Waals surface area contributed by atoms with E-state index in [-0.39, 0.29) is 16.2 Å². The highest BCUT2D eigenvalue weighted by molar-refractivity contribution is 7.89. The lowest BCUT2D eigenvalue weighted by Gasteiger charge is -2.12. The lowest BCUT2D eigenvalue weighted by Crippen LogP contribution is -2.36. The number of benzene rings is 1. The molecule has 0 aliphatic heterocycles. The van der Waals surface area contributed by atoms with Crippen LogP contribution in [0.25, 0.3) is 0 Å². The molecule has 0 aliphatic carbocycles. The van der Waals surface area contributed by atoms with Crippen LogP contribution in [-0.2, 0) is 20.8 Å². The van der Waals surface area contributed by atoms with Gasteiger partial charge in [0, 0.05) is 28.9 Å². The summed E-state index contributed by atoms with van der Waals surface area (Å²) in [5, 5.41) is 8.72. The van der Waals surface area contributed by atoms with Crippen LogP contribution in [0.2, 0.25) is 0 Å². The van der Waals surface area contributed by atoms with Crippen molar-refractivity contribution in [2.75, 3.05) is 12.0 Å². The summed E-state index contributed by atoms with van der Waals surface area (Å²) in [7, 11) is -4.83. The number of carboxylic acids is 1. The van der Waals surface area contributed by atoms with Crippen LogP contribution in [-0.4, -0.2) is 41.8 Å². The summed E-state index contributed by atoms with van der Waals surface area (Å²) < 4.78 is 37.3. The van der Waals surface area contributed by atoms with Crippen LogP contribution < -0.4 is 4.72 Å². The van der Waals surface area contributed by atoms with E-state index in [0.29, 0.717) is 0 Å². The Kier molecular flexibility index (Phi) is 5.21. The minimum Gasteiger partial charge on any atom is -0.478 e. The van der Waals surface area contributed by atoms with Gasteiger partial charge in [-0.15, -0.1) is 0 Å². The first kappa shape index (κ1) is 15.8. The summed E-state index contributed by atoms with van der Waals surface area (Å²) in [4.78, 5) is 10.6. The Balaban J connectivity index is 2.88. The van der Waals surface area contributed by atoms with Gasteiger partial charge in [0.15, 0.2) is 0 Å². The van der Waals surface area contributed by atoms with Gasteiger partial charge in [-0.1, -0.05) is 0 Å². The Labute approximate surface area is 114 Å². The lowest BCUT2D eigenvalue weighted by atomic mass is 10.2. The van der Waals surface area contributed by atoms with Crippen molar-refractivity contribution in [1.29, 1.82) is 0 Å². The minimum atomic E-state index is -3.72. The maximum atomic E-state index is 11.9. The molecule has 19 heavy (non-hydrogen) atoms. The first-order valence-corrected chi connectivity index (χ1v) is 8.59. The van der Waals surface area contributed by atoms with Crippen molar-refractivity contribution >= 4 is 26.8 Å². The molecule has 0 aliphatic rings. The largest absolute Gasteiger partial charge is 0.478 e. The molecule has 0 heterocycles. The van der Waals surface area contributed by atoms with Crippen LogP contribution in [0.3, 0.4) is 0 Å². The third-order valence-corrected chi connectivity index (χ3v) is 4.83. The monoisotopic (exact) mass is 305 g/mol. The van der Waals surface area contributed by atoms with Gasteiger partial charge >= 0.3 is 5.97 Å².